The van der Waals surface area contributed by atoms with Crippen molar-refractivity contribution in [2.24, 2.45) is 0 Å². The first-order valence-electron chi connectivity index (χ1n) is 7.62. The lowest BCUT2D eigenvalue weighted by molar-refractivity contribution is -0.139. The van der Waals surface area contributed by atoms with Gasteiger partial charge in [-0.2, -0.15) is 0 Å². The van der Waals surface area contributed by atoms with Crippen molar-refractivity contribution in [3.05, 3.63) is 52.5 Å². The van der Waals surface area contributed by atoms with Crippen LogP contribution in [0.25, 0.3) is 22.2 Å². The lowest BCUT2D eigenvalue weighted by atomic mass is 10.0. The van der Waals surface area contributed by atoms with Crippen LogP contribution >= 0.6 is 15.9 Å². The van der Waals surface area contributed by atoms with Crippen LogP contribution in [0.5, 0.6) is 0 Å². The maximum Gasteiger partial charge on any atom is 0.184 e. The van der Waals surface area contributed by atoms with Crippen molar-refractivity contribution in [2.75, 3.05) is 13.2 Å². The van der Waals surface area contributed by atoms with E-state index in [1.165, 1.54) is 0 Å². The van der Waals surface area contributed by atoms with Gasteiger partial charge in [0.05, 0.1) is 0 Å². The molecule has 1 aromatic heterocycles. The van der Waals surface area contributed by atoms with Crippen molar-refractivity contribution in [1.29, 1.82) is 0 Å². The van der Waals surface area contributed by atoms with Crippen LogP contribution in [0.1, 0.15) is 25.7 Å². The van der Waals surface area contributed by atoms with Gasteiger partial charge >= 0.3 is 0 Å². The molecule has 0 saturated carbocycles. The quantitative estimate of drug-likeness (QED) is 0.546. The van der Waals surface area contributed by atoms with Crippen LogP contribution in [0.3, 0.4) is 0 Å². The molecule has 1 heterocycles. The Kier molecular flexibility index (Phi) is 5.10. The number of benzene rings is 2. The van der Waals surface area contributed by atoms with E-state index in [-0.39, 0.29) is 0 Å². The zero-order valence-electron chi connectivity index (χ0n) is 13.1. The Morgan fingerprint density at radius 1 is 1.09 bits per heavy atom. The van der Waals surface area contributed by atoms with E-state index in [0.29, 0.717) is 13.2 Å². The average Bonchev–Trinajstić information content (AvgIpc) is 2.97. The maximum absolute atomic E-state index is 5.75. The zero-order valence-corrected chi connectivity index (χ0v) is 14.7. The molecule has 23 heavy (non-hydrogen) atoms. The molecule has 4 nitrogen and oxygen atoms in total. The van der Waals surface area contributed by atoms with Crippen molar-refractivity contribution in [3.8, 4) is 11.3 Å². The largest absolute Gasteiger partial charge is 0.356 e. The summed E-state index contributed by atoms with van der Waals surface area (Å²) in [4.78, 5) is 0. The molecule has 0 radical (unpaired) electrons. The van der Waals surface area contributed by atoms with Crippen LogP contribution in [0.4, 0.5) is 0 Å². The predicted molar refractivity (Wildman–Crippen MR) is 93.1 cm³/mol. The van der Waals surface area contributed by atoms with Gasteiger partial charge in [-0.05, 0) is 32.0 Å². The van der Waals surface area contributed by atoms with Gasteiger partial charge in [0.15, 0.2) is 11.9 Å². The van der Waals surface area contributed by atoms with E-state index >= 15 is 0 Å². The fourth-order valence-electron chi connectivity index (χ4n) is 2.55. The van der Waals surface area contributed by atoms with Crippen LogP contribution in [-0.4, -0.2) is 18.4 Å². The van der Waals surface area contributed by atoms with Crippen LogP contribution in [0.15, 0.2) is 51.5 Å². The molecule has 0 aliphatic heterocycles. The molecule has 3 aromatic rings. The van der Waals surface area contributed by atoms with Crippen LogP contribution in [0.2, 0.25) is 0 Å². The maximum atomic E-state index is 5.75. The fourth-order valence-corrected chi connectivity index (χ4v) is 2.89. The van der Waals surface area contributed by atoms with E-state index in [0.717, 1.165) is 32.3 Å². The van der Waals surface area contributed by atoms with Gasteiger partial charge in [0.25, 0.3) is 0 Å². The number of nitrogens with zero attached hydrogens (tertiary/aromatic N) is 1. The topological polar surface area (TPSA) is 44.5 Å². The Bertz CT molecular complexity index is 794. The minimum absolute atomic E-state index is 0.414. The fraction of sp³-hybridized carbons (Fsp3) is 0.278. The summed E-state index contributed by atoms with van der Waals surface area (Å²) < 4.78 is 17.9. The van der Waals surface area contributed by atoms with Gasteiger partial charge in [-0.25, -0.2) is 0 Å². The Labute approximate surface area is 143 Å². The first-order chi connectivity index (χ1) is 11.2. The Morgan fingerprint density at radius 2 is 1.83 bits per heavy atom. The van der Waals surface area contributed by atoms with Gasteiger partial charge < -0.3 is 14.0 Å². The smallest absolute Gasteiger partial charge is 0.184 e. The molecule has 0 aliphatic carbocycles. The van der Waals surface area contributed by atoms with E-state index in [2.05, 4.69) is 21.1 Å². The number of hydrogen-bond donors (Lipinski definition) is 0. The number of aromatic nitrogens is 1. The van der Waals surface area contributed by atoms with Crippen LogP contribution < -0.4 is 0 Å². The summed E-state index contributed by atoms with van der Waals surface area (Å²) in [6.07, 6.45) is -0.414. The highest BCUT2D eigenvalue weighted by Crippen LogP contribution is 2.35. The normalized spacial score (nSPS) is 11.5. The number of hydrogen-bond acceptors (Lipinski definition) is 4. The molecule has 2 aromatic carbocycles. The first kappa shape index (κ1) is 16.2. The minimum Gasteiger partial charge on any atom is -0.356 e. The summed E-state index contributed by atoms with van der Waals surface area (Å²) in [6, 6.07) is 13.9. The third kappa shape index (κ3) is 3.32. The third-order valence-corrected chi connectivity index (χ3v) is 4.03. The molecule has 0 fully saturated rings. The summed E-state index contributed by atoms with van der Waals surface area (Å²) >= 11 is 3.45. The Morgan fingerprint density at radius 3 is 2.57 bits per heavy atom. The molecular formula is C18H18BrNO3. The van der Waals surface area contributed by atoms with Gasteiger partial charge in [0, 0.05) is 34.2 Å². The van der Waals surface area contributed by atoms with Crippen molar-refractivity contribution >= 4 is 26.9 Å². The van der Waals surface area contributed by atoms with Crippen molar-refractivity contribution < 1.29 is 14.0 Å². The average molecular weight is 376 g/mol. The number of halogens is 1. The highest BCUT2D eigenvalue weighted by molar-refractivity contribution is 9.10. The van der Waals surface area contributed by atoms with Gasteiger partial charge in [-0.3, -0.25) is 0 Å². The van der Waals surface area contributed by atoms with Crippen molar-refractivity contribution in [3.63, 3.8) is 0 Å². The second kappa shape index (κ2) is 7.25. The van der Waals surface area contributed by atoms with Gasteiger partial charge in [-0.1, -0.05) is 45.4 Å². The number of rotatable bonds is 6. The summed E-state index contributed by atoms with van der Waals surface area (Å²) in [5, 5.41) is 5.23. The third-order valence-electron chi connectivity index (χ3n) is 3.54. The molecule has 5 heteroatoms. The molecule has 0 N–H and O–H groups in total. The van der Waals surface area contributed by atoms with E-state index in [4.69, 9.17) is 14.0 Å². The van der Waals surface area contributed by atoms with Crippen LogP contribution in [-0.2, 0) is 9.47 Å². The molecule has 0 bridgehead atoms. The molecule has 0 atom stereocenters. The Hall–Kier alpha value is -1.69. The molecule has 120 valence electrons. The molecular weight excluding hydrogens is 358 g/mol. The highest BCUT2D eigenvalue weighted by atomic mass is 79.9. The number of ether oxygens (including phenoxy) is 2. The zero-order chi connectivity index (χ0) is 16.2. The monoisotopic (exact) mass is 375 g/mol. The lowest BCUT2D eigenvalue weighted by Gasteiger charge is -2.19. The molecule has 0 spiro atoms. The van der Waals surface area contributed by atoms with Crippen LogP contribution in [0, 0.1) is 0 Å². The minimum atomic E-state index is -0.414. The Balaban J connectivity index is 2.11. The predicted octanol–water partition coefficient (Wildman–Crippen LogP) is 5.33. The summed E-state index contributed by atoms with van der Waals surface area (Å²) in [5.41, 5.74) is 3.45. The highest BCUT2D eigenvalue weighted by Gasteiger charge is 2.20. The summed E-state index contributed by atoms with van der Waals surface area (Å²) in [5.74, 6) is 0. The molecule has 0 unspecified atom stereocenters. The van der Waals surface area contributed by atoms with Crippen molar-refractivity contribution in [2.45, 2.75) is 20.1 Å². The summed E-state index contributed by atoms with van der Waals surface area (Å²) in [6.45, 7) is 5.06. The standard InChI is InChI=1S/C18H18BrNO3/c1-3-21-18(22-4-2)14-8-6-5-7-13(14)17-15-10-9-12(19)11-16(15)23-20-17/h5-11,18H,3-4H2,1-2H3. The SMILES string of the molecule is CCOC(OCC)c1ccccc1-c1noc2cc(Br)ccc12. The lowest BCUT2D eigenvalue weighted by Crippen LogP contribution is -2.10. The number of fused-ring (bicyclic) bond motifs is 1. The summed E-state index contributed by atoms with van der Waals surface area (Å²) in [7, 11) is 0. The second-order valence-electron chi connectivity index (χ2n) is 5.00. The molecule has 3 rings (SSSR count). The van der Waals surface area contributed by atoms with Crippen molar-refractivity contribution in [1.82, 2.24) is 5.16 Å². The van der Waals surface area contributed by atoms with Gasteiger partial charge in [-0.15, -0.1) is 0 Å². The van der Waals surface area contributed by atoms with Gasteiger partial charge in [0.2, 0.25) is 0 Å². The molecule has 0 amide bonds. The van der Waals surface area contributed by atoms with E-state index in [9.17, 15) is 0 Å². The van der Waals surface area contributed by atoms with Gasteiger partial charge in [0.1, 0.15) is 5.69 Å². The van der Waals surface area contributed by atoms with E-state index < -0.39 is 6.29 Å². The molecule has 0 saturated heterocycles. The van der Waals surface area contributed by atoms with E-state index in [1.54, 1.807) is 0 Å². The first-order valence-corrected chi connectivity index (χ1v) is 8.41. The second-order valence-corrected chi connectivity index (χ2v) is 5.92. The molecule has 0 aliphatic rings. The van der Waals surface area contributed by atoms with E-state index in [1.807, 2.05) is 56.3 Å².